The highest BCUT2D eigenvalue weighted by Gasteiger charge is 2.23. The molecule has 0 radical (unpaired) electrons. The molecule has 2 aromatic carbocycles. The van der Waals surface area contributed by atoms with Gasteiger partial charge in [0.05, 0.1) is 11.6 Å². The number of urea groups is 1. The van der Waals surface area contributed by atoms with E-state index in [2.05, 4.69) is 16.3 Å². The van der Waals surface area contributed by atoms with Crippen molar-refractivity contribution >= 4 is 17.4 Å². The van der Waals surface area contributed by atoms with Crippen molar-refractivity contribution in [1.29, 1.82) is 5.26 Å². The van der Waals surface area contributed by atoms with Crippen LogP contribution in [0.2, 0.25) is 0 Å². The Hall–Kier alpha value is -3.40. The van der Waals surface area contributed by atoms with E-state index in [1.54, 1.807) is 29.2 Å². The highest BCUT2D eigenvalue weighted by atomic mass is 16.7. The van der Waals surface area contributed by atoms with Gasteiger partial charge in [0.25, 0.3) is 0 Å². The maximum atomic E-state index is 12.4. The molecular weight excluding hydrogens is 332 g/mol. The monoisotopic (exact) mass is 350 g/mol. The lowest BCUT2D eigenvalue weighted by Crippen LogP contribution is -2.50. The summed E-state index contributed by atoms with van der Waals surface area (Å²) in [7, 11) is 0. The number of amides is 2. The van der Waals surface area contributed by atoms with Crippen molar-refractivity contribution in [2.24, 2.45) is 0 Å². The molecule has 4 rings (SSSR count). The SMILES string of the molecule is N#Cc1ccc(NC(=O)N2CCN(c3ccc4c(c3)OCO4)CC2)cc1. The Morgan fingerprint density at radius 2 is 1.73 bits per heavy atom. The summed E-state index contributed by atoms with van der Waals surface area (Å²) in [4.78, 5) is 16.4. The lowest BCUT2D eigenvalue weighted by atomic mass is 10.2. The summed E-state index contributed by atoms with van der Waals surface area (Å²) < 4.78 is 10.8. The number of hydrogen-bond acceptors (Lipinski definition) is 5. The minimum atomic E-state index is -0.125. The topological polar surface area (TPSA) is 77.8 Å². The number of nitrogens with one attached hydrogen (secondary N) is 1. The van der Waals surface area contributed by atoms with Crippen LogP contribution in [0.15, 0.2) is 42.5 Å². The van der Waals surface area contributed by atoms with E-state index in [0.29, 0.717) is 24.3 Å². The maximum absolute atomic E-state index is 12.4. The minimum absolute atomic E-state index is 0.125. The Morgan fingerprint density at radius 1 is 1.00 bits per heavy atom. The summed E-state index contributed by atoms with van der Waals surface area (Å²) in [5.41, 5.74) is 2.33. The van der Waals surface area contributed by atoms with Crippen molar-refractivity contribution < 1.29 is 14.3 Å². The van der Waals surface area contributed by atoms with Gasteiger partial charge >= 0.3 is 6.03 Å². The fourth-order valence-corrected chi connectivity index (χ4v) is 3.08. The summed E-state index contributed by atoms with van der Waals surface area (Å²) in [5, 5.41) is 11.7. The van der Waals surface area contributed by atoms with Crippen molar-refractivity contribution in [3.05, 3.63) is 48.0 Å². The lowest BCUT2D eigenvalue weighted by molar-refractivity contribution is 0.174. The van der Waals surface area contributed by atoms with E-state index < -0.39 is 0 Å². The van der Waals surface area contributed by atoms with Crippen molar-refractivity contribution in [2.75, 3.05) is 43.2 Å². The maximum Gasteiger partial charge on any atom is 0.321 e. The molecule has 2 aromatic rings. The largest absolute Gasteiger partial charge is 0.454 e. The van der Waals surface area contributed by atoms with Gasteiger partial charge in [-0.1, -0.05) is 0 Å². The zero-order valence-electron chi connectivity index (χ0n) is 14.1. The molecule has 7 nitrogen and oxygen atoms in total. The molecule has 132 valence electrons. The van der Waals surface area contributed by atoms with Gasteiger partial charge in [-0.05, 0) is 36.4 Å². The molecule has 0 unspecified atom stereocenters. The number of nitrogens with zero attached hydrogens (tertiary/aromatic N) is 3. The Kier molecular flexibility index (Phi) is 4.23. The summed E-state index contributed by atoms with van der Waals surface area (Å²) in [6.45, 7) is 3.04. The third-order valence-electron chi connectivity index (χ3n) is 4.55. The number of carbonyl (C=O) groups excluding carboxylic acids is 1. The molecule has 7 heteroatoms. The fraction of sp³-hybridized carbons (Fsp3) is 0.263. The highest BCUT2D eigenvalue weighted by molar-refractivity contribution is 5.89. The zero-order valence-corrected chi connectivity index (χ0v) is 14.1. The molecule has 0 bridgehead atoms. The van der Waals surface area contributed by atoms with E-state index in [9.17, 15) is 4.79 Å². The third kappa shape index (κ3) is 3.22. The molecule has 0 aliphatic carbocycles. The van der Waals surface area contributed by atoms with Crippen molar-refractivity contribution in [3.63, 3.8) is 0 Å². The van der Waals surface area contributed by atoms with E-state index in [4.69, 9.17) is 14.7 Å². The van der Waals surface area contributed by atoms with Crippen LogP contribution in [0.25, 0.3) is 0 Å². The number of carbonyl (C=O) groups is 1. The van der Waals surface area contributed by atoms with Gasteiger partial charge in [-0.2, -0.15) is 5.26 Å². The predicted molar refractivity (Wildman–Crippen MR) is 96.5 cm³/mol. The third-order valence-corrected chi connectivity index (χ3v) is 4.55. The van der Waals surface area contributed by atoms with E-state index in [1.165, 1.54) is 0 Å². The molecule has 0 aromatic heterocycles. The number of nitriles is 1. The first kappa shape index (κ1) is 16.1. The average Bonchev–Trinajstić information content (AvgIpc) is 3.16. The van der Waals surface area contributed by atoms with Crippen LogP contribution < -0.4 is 19.7 Å². The summed E-state index contributed by atoms with van der Waals surface area (Å²) in [6, 6.07) is 14.7. The molecule has 1 fully saturated rings. The molecule has 2 aliphatic heterocycles. The molecule has 2 amide bonds. The van der Waals surface area contributed by atoms with E-state index in [1.807, 2.05) is 18.2 Å². The first-order valence-electron chi connectivity index (χ1n) is 8.43. The van der Waals surface area contributed by atoms with Crippen molar-refractivity contribution in [3.8, 4) is 17.6 Å². The quantitative estimate of drug-likeness (QED) is 0.901. The van der Waals surface area contributed by atoms with Gasteiger partial charge in [0.2, 0.25) is 6.79 Å². The van der Waals surface area contributed by atoms with Crippen LogP contribution in [0.4, 0.5) is 16.2 Å². The van der Waals surface area contributed by atoms with Crippen LogP contribution in [0.5, 0.6) is 11.5 Å². The highest BCUT2D eigenvalue weighted by Crippen LogP contribution is 2.35. The molecule has 1 N–H and O–H groups in total. The number of fused-ring (bicyclic) bond motifs is 1. The second-order valence-electron chi connectivity index (χ2n) is 6.13. The Labute approximate surface area is 151 Å². The standard InChI is InChI=1S/C19H18N4O3/c20-12-14-1-3-15(4-2-14)21-19(24)23-9-7-22(8-10-23)16-5-6-17-18(11-16)26-13-25-17/h1-6,11H,7-10,13H2,(H,21,24). The summed E-state index contributed by atoms with van der Waals surface area (Å²) >= 11 is 0. The summed E-state index contributed by atoms with van der Waals surface area (Å²) in [5.74, 6) is 1.54. The van der Waals surface area contributed by atoms with Crippen LogP contribution in [0.1, 0.15) is 5.56 Å². The molecule has 0 spiro atoms. The second kappa shape index (κ2) is 6.84. The number of anilines is 2. The van der Waals surface area contributed by atoms with E-state index >= 15 is 0 Å². The van der Waals surface area contributed by atoms with Crippen molar-refractivity contribution in [1.82, 2.24) is 4.90 Å². The minimum Gasteiger partial charge on any atom is -0.454 e. The van der Waals surface area contributed by atoms with Gasteiger partial charge in [-0.15, -0.1) is 0 Å². The first-order chi connectivity index (χ1) is 12.7. The molecule has 2 aliphatic rings. The van der Waals surface area contributed by atoms with Crippen LogP contribution in [-0.4, -0.2) is 43.9 Å². The Morgan fingerprint density at radius 3 is 2.46 bits per heavy atom. The predicted octanol–water partition coefficient (Wildman–Crippen LogP) is 2.64. The number of rotatable bonds is 2. The molecular formula is C19H18N4O3. The van der Waals surface area contributed by atoms with Crippen LogP contribution >= 0.6 is 0 Å². The molecule has 1 saturated heterocycles. The van der Waals surface area contributed by atoms with Crippen LogP contribution in [0, 0.1) is 11.3 Å². The number of ether oxygens (including phenoxy) is 2. The van der Waals surface area contributed by atoms with Gasteiger partial charge in [0, 0.05) is 43.6 Å². The number of benzene rings is 2. The van der Waals surface area contributed by atoms with Crippen molar-refractivity contribution in [2.45, 2.75) is 0 Å². The van der Waals surface area contributed by atoms with Gasteiger partial charge in [-0.3, -0.25) is 0 Å². The second-order valence-corrected chi connectivity index (χ2v) is 6.13. The van der Waals surface area contributed by atoms with Gasteiger partial charge in [0.1, 0.15) is 0 Å². The van der Waals surface area contributed by atoms with Gasteiger partial charge < -0.3 is 24.6 Å². The lowest BCUT2D eigenvalue weighted by Gasteiger charge is -2.36. The smallest absolute Gasteiger partial charge is 0.321 e. The average molecular weight is 350 g/mol. The molecule has 26 heavy (non-hydrogen) atoms. The van der Waals surface area contributed by atoms with E-state index in [-0.39, 0.29) is 12.8 Å². The zero-order chi connectivity index (χ0) is 17.9. The van der Waals surface area contributed by atoms with E-state index in [0.717, 1.165) is 30.3 Å². The van der Waals surface area contributed by atoms with Gasteiger partial charge in [-0.25, -0.2) is 4.79 Å². The van der Waals surface area contributed by atoms with Crippen LogP contribution in [0.3, 0.4) is 0 Å². The molecule has 0 saturated carbocycles. The fourth-order valence-electron chi connectivity index (χ4n) is 3.08. The summed E-state index contributed by atoms with van der Waals surface area (Å²) in [6.07, 6.45) is 0. The van der Waals surface area contributed by atoms with Crippen LogP contribution in [-0.2, 0) is 0 Å². The first-order valence-corrected chi connectivity index (χ1v) is 8.43. The Balaban J connectivity index is 1.34. The number of hydrogen-bond donors (Lipinski definition) is 1. The molecule has 2 heterocycles. The number of piperazine rings is 1. The Bertz CT molecular complexity index is 852. The van der Waals surface area contributed by atoms with Gasteiger partial charge in [0.15, 0.2) is 11.5 Å². The normalized spacial score (nSPS) is 15.5. The molecule has 0 atom stereocenters.